The summed E-state index contributed by atoms with van der Waals surface area (Å²) in [7, 11) is 1.88. The largest absolute Gasteiger partial charge is 0.451 e. The Bertz CT molecular complexity index is 1440. The average molecular weight is 579 g/mol. The number of anilines is 4. The average Bonchev–Trinajstić information content (AvgIpc) is 3.01. The number of nitrogens with one attached hydrogen (secondary N) is 2. The minimum absolute atomic E-state index is 0.00738. The summed E-state index contributed by atoms with van der Waals surface area (Å²) >= 11 is 1.28. The van der Waals surface area contributed by atoms with Crippen LogP contribution in [0.1, 0.15) is 18.1 Å². The molecule has 0 radical (unpaired) electrons. The molecule has 4 N–H and O–H groups in total. The summed E-state index contributed by atoms with van der Waals surface area (Å²) in [6, 6.07) is 7.87. The Kier molecular flexibility index (Phi) is 9.91. The normalized spacial score (nSPS) is 13.3. The van der Waals surface area contributed by atoms with Crippen molar-refractivity contribution in [2.45, 2.75) is 13.8 Å². The molecule has 0 bridgehead atoms. The first-order valence-electron chi connectivity index (χ1n) is 12.8. The predicted molar refractivity (Wildman–Crippen MR) is 160 cm³/mol. The molecule has 0 aliphatic carbocycles. The van der Waals surface area contributed by atoms with Crippen molar-refractivity contribution in [2.75, 3.05) is 60.0 Å². The number of ether oxygens (including phenoxy) is 1. The number of nitriles is 1. The molecular formula is C27H31FN10O2S. The van der Waals surface area contributed by atoms with Gasteiger partial charge in [-0.15, -0.1) is 0 Å². The molecule has 1 aromatic heterocycles. The minimum Gasteiger partial charge on any atom is -0.451 e. The molecule has 3 aromatic rings. The van der Waals surface area contributed by atoms with Gasteiger partial charge in [-0.05, 0) is 38.2 Å². The van der Waals surface area contributed by atoms with Gasteiger partial charge in [0.05, 0.1) is 35.1 Å². The van der Waals surface area contributed by atoms with E-state index in [-0.39, 0.29) is 22.7 Å². The molecule has 1 amide bonds. The van der Waals surface area contributed by atoms with Gasteiger partial charge in [0, 0.05) is 50.4 Å². The van der Waals surface area contributed by atoms with Gasteiger partial charge in [-0.2, -0.15) is 5.26 Å². The van der Waals surface area contributed by atoms with Gasteiger partial charge in [-0.1, -0.05) is 6.92 Å². The van der Waals surface area contributed by atoms with Gasteiger partial charge in [0.15, 0.2) is 17.3 Å². The van der Waals surface area contributed by atoms with Gasteiger partial charge in [-0.3, -0.25) is 9.69 Å². The van der Waals surface area contributed by atoms with Crippen LogP contribution in [0.3, 0.4) is 0 Å². The Balaban J connectivity index is 1.52. The first-order chi connectivity index (χ1) is 19.9. The van der Waals surface area contributed by atoms with Gasteiger partial charge in [-0.25, -0.2) is 23.7 Å². The number of nitrogen functional groups attached to an aromatic ring is 1. The number of rotatable bonds is 11. The molecular weight excluding hydrogens is 547 g/mol. The van der Waals surface area contributed by atoms with E-state index in [0.717, 1.165) is 32.7 Å². The number of carbonyl (C=O) groups excluding carboxylic acids is 1. The Labute approximate surface area is 242 Å². The van der Waals surface area contributed by atoms with Crippen LogP contribution in [0.4, 0.5) is 33.1 Å². The maximum absolute atomic E-state index is 14.8. The standard InChI is InChI=1S/C27H31FN10O2S/c1-4-36(3)41-35-23-6-5-21(28)26(20(23)13-29)40-24-8-7-22(18(2)25(24)30)34-16-38(17-39)19-14-32-27(33-15-19)37-11-9-31-10-12-37/h5-8,14-17,31,35H,4,9-12,30H2,1-3H3. The Morgan fingerprint density at radius 3 is 2.68 bits per heavy atom. The lowest BCUT2D eigenvalue weighted by Gasteiger charge is -2.27. The highest BCUT2D eigenvalue weighted by Crippen LogP contribution is 2.39. The second kappa shape index (κ2) is 13.8. The van der Waals surface area contributed by atoms with E-state index >= 15 is 0 Å². The van der Waals surface area contributed by atoms with Gasteiger partial charge in [0.2, 0.25) is 12.4 Å². The third kappa shape index (κ3) is 7.01. The SMILES string of the molecule is CCN(C)SNc1ccc(F)c(Oc2ccc(N=CN(C=O)c3cnc(N4CCNCC4)nc3)c(C)c2N)c1C#N. The lowest BCUT2D eigenvalue weighted by Crippen LogP contribution is -2.44. The van der Waals surface area contributed by atoms with Crippen LogP contribution in [-0.2, 0) is 4.79 Å². The highest BCUT2D eigenvalue weighted by atomic mass is 32.2. The summed E-state index contributed by atoms with van der Waals surface area (Å²) in [4.78, 5) is 28.3. The maximum Gasteiger partial charge on any atom is 0.225 e. The van der Waals surface area contributed by atoms with Crippen molar-refractivity contribution in [2.24, 2.45) is 4.99 Å². The molecule has 0 unspecified atom stereocenters. The quantitative estimate of drug-likeness (QED) is 0.100. The van der Waals surface area contributed by atoms with Crippen LogP contribution in [0.15, 0.2) is 41.7 Å². The molecule has 1 fully saturated rings. The fourth-order valence-electron chi connectivity index (χ4n) is 3.83. The van der Waals surface area contributed by atoms with E-state index < -0.39 is 5.82 Å². The van der Waals surface area contributed by atoms with Crippen molar-refractivity contribution < 1.29 is 13.9 Å². The first-order valence-corrected chi connectivity index (χ1v) is 13.6. The van der Waals surface area contributed by atoms with Crippen LogP contribution in [0, 0.1) is 24.1 Å². The molecule has 1 aliphatic heterocycles. The van der Waals surface area contributed by atoms with Crippen LogP contribution in [0.25, 0.3) is 0 Å². The number of nitrogens with two attached hydrogens (primary N) is 1. The molecule has 12 nitrogen and oxygen atoms in total. The number of carbonyl (C=O) groups is 1. The van der Waals surface area contributed by atoms with Gasteiger partial charge >= 0.3 is 0 Å². The zero-order valence-electron chi connectivity index (χ0n) is 23.0. The first kappa shape index (κ1) is 29.5. The Hall–Kier alpha value is -4.45. The number of hydrogen-bond donors (Lipinski definition) is 3. The summed E-state index contributed by atoms with van der Waals surface area (Å²) in [5.74, 6) is -0.180. The highest BCUT2D eigenvalue weighted by Gasteiger charge is 2.19. The van der Waals surface area contributed by atoms with Crippen molar-refractivity contribution in [1.29, 1.82) is 5.26 Å². The third-order valence-corrected chi connectivity index (χ3v) is 7.27. The van der Waals surface area contributed by atoms with Crippen molar-refractivity contribution in [3.63, 3.8) is 0 Å². The summed E-state index contributed by atoms with van der Waals surface area (Å²) < 4.78 is 25.6. The minimum atomic E-state index is -0.702. The van der Waals surface area contributed by atoms with Crippen molar-refractivity contribution in [3.05, 3.63) is 53.6 Å². The summed E-state index contributed by atoms with van der Waals surface area (Å²) in [5.41, 5.74) is 8.41. The number of aliphatic imine (C=N–C) groups is 1. The van der Waals surface area contributed by atoms with Gasteiger partial charge in [0.25, 0.3) is 0 Å². The second-order valence-corrected chi connectivity index (χ2v) is 10.0. The number of aromatic nitrogens is 2. The molecule has 2 heterocycles. The molecule has 14 heteroatoms. The molecule has 1 saturated heterocycles. The third-order valence-electron chi connectivity index (χ3n) is 6.39. The molecule has 0 spiro atoms. The summed E-state index contributed by atoms with van der Waals surface area (Å²) in [6.07, 6.45) is 5.07. The predicted octanol–water partition coefficient (Wildman–Crippen LogP) is 3.83. The number of benzene rings is 2. The Morgan fingerprint density at radius 1 is 1.29 bits per heavy atom. The van der Waals surface area contributed by atoms with Crippen LogP contribution in [0.5, 0.6) is 11.5 Å². The topological polar surface area (TPSA) is 148 Å². The van der Waals surface area contributed by atoms with Gasteiger partial charge < -0.3 is 25.4 Å². The van der Waals surface area contributed by atoms with Gasteiger partial charge in [0.1, 0.15) is 18.0 Å². The van der Waals surface area contributed by atoms with E-state index in [0.29, 0.717) is 35.0 Å². The summed E-state index contributed by atoms with van der Waals surface area (Å²) in [6.45, 7) is 7.80. The maximum atomic E-state index is 14.8. The number of hydrogen-bond acceptors (Lipinski definition) is 12. The van der Waals surface area contributed by atoms with E-state index in [2.05, 4.69) is 29.9 Å². The van der Waals surface area contributed by atoms with E-state index in [1.54, 1.807) is 25.4 Å². The monoisotopic (exact) mass is 578 g/mol. The lowest BCUT2D eigenvalue weighted by atomic mass is 10.1. The number of amides is 1. The lowest BCUT2D eigenvalue weighted by molar-refractivity contribution is -0.106. The van der Waals surface area contributed by atoms with Crippen LogP contribution in [-0.4, -0.2) is 66.8 Å². The van der Waals surface area contributed by atoms with Crippen molar-refractivity contribution >= 4 is 53.6 Å². The van der Waals surface area contributed by atoms with Crippen LogP contribution < -0.4 is 30.3 Å². The fourth-order valence-corrected chi connectivity index (χ4v) is 4.38. The van der Waals surface area contributed by atoms with E-state index in [4.69, 9.17) is 10.5 Å². The number of piperazine rings is 1. The fraction of sp³-hybridized carbons (Fsp3) is 0.296. The molecule has 41 heavy (non-hydrogen) atoms. The highest BCUT2D eigenvalue weighted by molar-refractivity contribution is 7.98. The second-order valence-electron chi connectivity index (χ2n) is 9.01. The van der Waals surface area contributed by atoms with Crippen molar-refractivity contribution in [1.82, 2.24) is 19.6 Å². The van der Waals surface area contributed by atoms with Crippen LogP contribution in [0.2, 0.25) is 0 Å². The molecule has 0 saturated carbocycles. The molecule has 0 atom stereocenters. The van der Waals surface area contributed by atoms with Crippen LogP contribution >= 0.6 is 12.1 Å². The van der Waals surface area contributed by atoms with E-state index in [1.807, 2.05) is 24.3 Å². The van der Waals surface area contributed by atoms with E-state index in [1.165, 1.54) is 41.6 Å². The Morgan fingerprint density at radius 2 is 2.02 bits per heavy atom. The molecule has 2 aromatic carbocycles. The molecule has 1 aliphatic rings. The molecule has 4 rings (SSSR count). The smallest absolute Gasteiger partial charge is 0.225 e. The number of nitrogens with zero attached hydrogens (tertiary/aromatic N) is 7. The molecule has 214 valence electrons. The zero-order valence-corrected chi connectivity index (χ0v) is 23.8. The number of halogens is 1. The van der Waals surface area contributed by atoms with E-state index in [9.17, 15) is 14.4 Å². The zero-order chi connectivity index (χ0) is 29.4. The summed E-state index contributed by atoms with van der Waals surface area (Å²) in [5, 5.41) is 13.0. The van der Waals surface area contributed by atoms with Crippen molar-refractivity contribution in [3.8, 4) is 17.6 Å².